The SMILES string of the molecule is O=C(C=Cc1ccccc1F)N1CCCNCC1. The molecule has 0 saturated carbocycles. The summed E-state index contributed by atoms with van der Waals surface area (Å²) in [6, 6.07) is 6.43. The van der Waals surface area contributed by atoms with Crippen molar-refractivity contribution in [3.63, 3.8) is 0 Å². The first-order valence-electron chi connectivity index (χ1n) is 6.19. The van der Waals surface area contributed by atoms with Crippen molar-refractivity contribution in [2.75, 3.05) is 26.2 Å². The van der Waals surface area contributed by atoms with E-state index in [-0.39, 0.29) is 11.7 Å². The van der Waals surface area contributed by atoms with E-state index in [2.05, 4.69) is 5.32 Å². The molecule has 0 radical (unpaired) electrons. The van der Waals surface area contributed by atoms with Crippen LogP contribution in [-0.4, -0.2) is 37.0 Å². The van der Waals surface area contributed by atoms with Crippen LogP contribution < -0.4 is 5.32 Å². The highest BCUT2D eigenvalue weighted by atomic mass is 19.1. The number of benzene rings is 1. The standard InChI is InChI=1S/C14H17FN2O/c15-13-5-2-1-4-12(13)6-7-14(18)17-10-3-8-16-9-11-17/h1-2,4-7,16H,3,8-11H2. The van der Waals surface area contributed by atoms with Crippen molar-refractivity contribution in [2.45, 2.75) is 6.42 Å². The van der Waals surface area contributed by atoms with Gasteiger partial charge in [-0.05, 0) is 25.1 Å². The molecule has 96 valence electrons. The first-order valence-corrected chi connectivity index (χ1v) is 6.19. The normalized spacial score (nSPS) is 16.8. The predicted molar refractivity (Wildman–Crippen MR) is 69.5 cm³/mol. The van der Waals surface area contributed by atoms with Crippen LogP contribution in [0, 0.1) is 5.82 Å². The number of carbonyl (C=O) groups is 1. The van der Waals surface area contributed by atoms with Gasteiger partial charge in [0.05, 0.1) is 0 Å². The summed E-state index contributed by atoms with van der Waals surface area (Å²) in [5.41, 5.74) is 0.443. The fraction of sp³-hybridized carbons (Fsp3) is 0.357. The number of hydrogen-bond donors (Lipinski definition) is 1. The number of nitrogens with zero attached hydrogens (tertiary/aromatic N) is 1. The van der Waals surface area contributed by atoms with Gasteiger partial charge < -0.3 is 10.2 Å². The van der Waals surface area contributed by atoms with Crippen molar-refractivity contribution >= 4 is 12.0 Å². The summed E-state index contributed by atoms with van der Waals surface area (Å²) in [7, 11) is 0. The summed E-state index contributed by atoms with van der Waals surface area (Å²) in [6.07, 6.45) is 3.94. The number of hydrogen-bond acceptors (Lipinski definition) is 2. The molecule has 1 heterocycles. The van der Waals surface area contributed by atoms with E-state index < -0.39 is 0 Å². The lowest BCUT2D eigenvalue weighted by molar-refractivity contribution is -0.125. The second-order valence-electron chi connectivity index (χ2n) is 4.28. The Kier molecular flexibility index (Phi) is 4.47. The van der Waals surface area contributed by atoms with Crippen LogP contribution >= 0.6 is 0 Å². The van der Waals surface area contributed by atoms with Crippen LogP contribution in [0.3, 0.4) is 0 Å². The minimum Gasteiger partial charge on any atom is -0.338 e. The van der Waals surface area contributed by atoms with Gasteiger partial charge in [0.25, 0.3) is 0 Å². The second kappa shape index (κ2) is 6.31. The molecule has 4 heteroatoms. The molecule has 3 nitrogen and oxygen atoms in total. The molecule has 1 fully saturated rings. The highest BCUT2D eigenvalue weighted by molar-refractivity contribution is 5.91. The fourth-order valence-electron chi connectivity index (χ4n) is 1.94. The third kappa shape index (κ3) is 3.40. The maximum absolute atomic E-state index is 13.4. The molecule has 0 aromatic heterocycles. The molecule has 1 aliphatic rings. The molecule has 18 heavy (non-hydrogen) atoms. The molecule has 0 spiro atoms. The first kappa shape index (κ1) is 12.8. The zero-order valence-corrected chi connectivity index (χ0v) is 10.2. The molecule has 1 aromatic rings. The molecule has 1 aliphatic heterocycles. The molecular formula is C14H17FN2O. The third-order valence-corrected chi connectivity index (χ3v) is 2.96. The van der Waals surface area contributed by atoms with Gasteiger partial charge in [0.1, 0.15) is 5.82 Å². The number of rotatable bonds is 2. The second-order valence-corrected chi connectivity index (χ2v) is 4.28. The van der Waals surface area contributed by atoms with Gasteiger partial charge in [-0.3, -0.25) is 4.79 Å². The summed E-state index contributed by atoms with van der Waals surface area (Å²) in [4.78, 5) is 13.7. The van der Waals surface area contributed by atoms with E-state index in [1.807, 2.05) is 0 Å². The third-order valence-electron chi connectivity index (χ3n) is 2.96. The van der Waals surface area contributed by atoms with Crippen molar-refractivity contribution in [1.29, 1.82) is 0 Å². The quantitative estimate of drug-likeness (QED) is 0.807. The van der Waals surface area contributed by atoms with Gasteiger partial charge >= 0.3 is 0 Å². The van der Waals surface area contributed by atoms with Crippen molar-refractivity contribution < 1.29 is 9.18 Å². The van der Waals surface area contributed by atoms with Gasteiger partial charge in [-0.1, -0.05) is 18.2 Å². The molecule has 2 rings (SSSR count). The zero-order valence-electron chi connectivity index (χ0n) is 10.2. The molecular weight excluding hydrogens is 231 g/mol. The van der Waals surface area contributed by atoms with Crippen LogP contribution in [0.5, 0.6) is 0 Å². The highest BCUT2D eigenvalue weighted by Gasteiger charge is 2.12. The van der Waals surface area contributed by atoms with Gasteiger partial charge in [-0.25, -0.2) is 4.39 Å². The number of carbonyl (C=O) groups excluding carboxylic acids is 1. The molecule has 0 unspecified atom stereocenters. The van der Waals surface area contributed by atoms with Crippen molar-refractivity contribution in [3.8, 4) is 0 Å². The summed E-state index contributed by atoms with van der Waals surface area (Å²) in [5, 5.41) is 3.24. The maximum atomic E-state index is 13.4. The molecule has 1 aromatic carbocycles. The van der Waals surface area contributed by atoms with E-state index in [0.717, 1.165) is 26.1 Å². The predicted octanol–water partition coefficient (Wildman–Crippen LogP) is 1.66. The van der Waals surface area contributed by atoms with E-state index in [1.54, 1.807) is 23.1 Å². The van der Waals surface area contributed by atoms with Crippen molar-refractivity contribution in [1.82, 2.24) is 10.2 Å². The lowest BCUT2D eigenvalue weighted by atomic mass is 10.2. The van der Waals surface area contributed by atoms with Crippen molar-refractivity contribution in [2.24, 2.45) is 0 Å². The summed E-state index contributed by atoms with van der Waals surface area (Å²) in [6.45, 7) is 3.23. The van der Waals surface area contributed by atoms with Gasteiger partial charge in [0.2, 0.25) is 5.91 Å². The smallest absolute Gasteiger partial charge is 0.246 e. The summed E-state index contributed by atoms with van der Waals surface area (Å²) >= 11 is 0. The van der Waals surface area contributed by atoms with Crippen LogP contribution in [0.4, 0.5) is 4.39 Å². The monoisotopic (exact) mass is 248 g/mol. The van der Waals surface area contributed by atoms with E-state index >= 15 is 0 Å². The molecule has 1 amide bonds. The van der Waals surface area contributed by atoms with E-state index in [9.17, 15) is 9.18 Å². The van der Waals surface area contributed by atoms with E-state index in [1.165, 1.54) is 18.2 Å². The van der Waals surface area contributed by atoms with Gasteiger partial charge in [0, 0.05) is 31.3 Å². The van der Waals surface area contributed by atoms with E-state index in [0.29, 0.717) is 12.1 Å². The number of halogens is 1. The molecule has 0 aliphatic carbocycles. The Morgan fingerprint density at radius 3 is 2.94 bits per heavy atom. The molecule has 0 bridgehead atoms. The largest absolute Gasteiger partial charge is 0.338 e. The Balaban J connectivity index is 2.00. The average molecular weight is 248 g/mol. The van der Waals surface area contributed by atoms with E-state index in [4.69, 9.17) is 0 Å². The Hall–Kier alpha value is -1.68. The Morgan fingerprint density at radius 2 is 2.11 bits per heavy atom. The molecule has 0 atom stereocenters. The minimum absolute atomic E-state index is 0.0537. The minimum atomic E-state index is -0.306. The van der Waals surface area contributed by atoms with Gasteiger partial charge in [-0.2, -0.15) is 0 Å². The number of nitrogens with one attached hydrogen (secondary N) is 1. The highest BCUT2D eigenvalue weighted by Crippen LogP contribution is 2.08. The maximum Gasteiger partial charge on any atom is 0.246 e. The molecule has 1 saturated heterocycles. The Bertz CT molecular complexity index is 437. The summed E-state index contributed by atoms with van der Waals surface area (Å²) in [5.74, 6) is -0.360. The van der Waals surface area contributed by atoms with Crippen LogP contribution in [-0.2, 0) is 4.79 Å². The van der Waals surface area contributed by atoms with Crippen LogP contribution in [0.2, 0.25) is 0 Å². The van der Waals surface area contributed by atoms with Gasteiger partial charge in [-0.15, -0.1) is 0 Å². The van der Waals surface area contributed by atoms with Crippen molar-refractivity contribution in [3.05, 3.63) is 41.7 Å². The topological polar surface area (TPSA) is 32.3 Å². The molecule has 1 N–H and O–H groups in total. The lowest BCUT2D eigenvalue weighted by Crippen LogP contribution is -2.32. The Morgan fingerprint density at radius 1 is 1.28 bits per heavy atom. The first-order chi connectivity index (χ1) is 8.77. The zero-order chi connectivity index (χ0) is 12.8. The summed E-state index contributed by atoms with van der Waals surface area (Å²) < 4.78 is 13.4. The van der Waals surface area contributed by atoms with Gasteiger partial charge in [0.15, 0.2) is 0 Å². The van der Waals surface area contributed by atoms with Crippen LogP contribution in [0.25, 0.3) is 6.08 Å². The fourth-order valence-corrected chi connectivity index (χ4v) is 1.94. The van der Waals surface area contributed by atoms with Crippen LogP contribution in [0.1, 0.15) is 12.0 Å². The van der Waals surface area contributed by atoms with Crippen LogP contribution in [0.15, 0.2) is 30.3 Å². The average Bonchev–Trinajstić information content (AvgIpc) is 2.66. The number of amides is 1. The lowest BCUT2D eigenvalue weighted by Gasteiger charge is -2.17. The Labute approximate surface area is 106 Å².